The Bertz CT molecular complexity index is 650. The van der Waals surface area contributed by atoms with Crippen LogP contribution in [0.5, 0.6) is 0 Å². The van der Waals surface area contributed by atoms with E-state index in [0.717, 1.165) is 36.3 Å². The molecule has 0 spiro atoms. The molecule has 20 heavy (non-hydrogen) atoms. The van der Waals surface area contributed by atoms with Crippen LogP contribution in [0.25, 0.3) is 10.9 Å². The van der Waals surface area contributed by atoms with Crippen LogP contribution in [-0.2, 0) is 0 Å². The topological polar surface area (TPSA) is 69.8 Å². The van der Waals surface area contributed by atoms with Gasteiger partial charge in [0.2, 0.25) is 0 Å². The van der Waals surface area contributed by atoms with Crippen molar-refractivity contribution in [3.63, 3.8) is 0 Å². The fourth-order valence-corrected chi connectivity index (χ4v) is 3.54. The largest absolute Gasteiger partial charge is 0.348 e. The van der Waals surface area contributed by atoms with Crippen molar-refractivity contribution in [3.05, 3.63) is 30.0 Å². The van der Waals surface area contributed by atoms with Gasteiger partial charge in [-0.25, -0.2) is 0 Å². The Labute approximate surface area is 117 Å². The first-order chi connectivity index (χ1) is 9.83. The number of nitrogens with zero attached hydrogens (tertiary/aromatic N) is 1. The molecule has 1 aromatic heterocycles. The van der Waals surface area contributed by atoms with E-state index in [1.54, 1.807) is 0 Å². The number of rotatable bonds is 2. The number of carbonyl (C=O) groups is 1. The molecule has 3 N–H and O–H groups in total. The third-order valence-corrected chi connectivity index (χ3v) is 4.75. The molecule has 1 aliphatic heterocycles. The average molecular weight is 270 g/mol. The second kappa shape index (κ2) is 4.59. The lowest BCUT2D eigenvalue weighted by atomic mass is 9.66. The van der Waals surface area contributed by atoms with E-state index in [4.69, 9.17) is 0 Å². The normalized spacial score (nSPS) is 28.7. The fraction of sp³-hybridized carbons (Fsp3) is 0.467. The standard InChI is InChI=1S/C15H18N4O/c20-15(14-10-3-1-2-4-12(10)18-19-14)17-13-7-9-5-6-16-8-11(9)13/h1-4,9,11,13,16H,5-8H2,(H,17,20)(H,18,19). The van der Waals surface area contributed by atoms with E-state index in [1.807, 2.05) is 24.3 Å². The number of nitrogens with one attached hydrogen (secondary N) is 3. The molecule has 0 bridgehead atoms. The summed E-state index contributed by atoms with van der Waals surface area (Å²) in [6, 6.07) is 8.03. The number of H-pyrrole nitrogens is 1. The van der Waals surface area contributed by atoms with E-state index in [2.05, 4.69) is 20.8 Å². The SMILES string of the molecule is O=C(NC1CC2CCNCC21)c1n[nH]c2ccccc12. The maximum Gasteiger partial charge on any atom is 0.272 e. The molecule has 2 fully saturated rings. The number of aromatic amines is 1. The number of carbonyl (C=O) groups excluding carboxylic acids is 1. The number of piperidine rings is 1. The van der Waals surface area contributed by atoms with E-state index in [9.17, 15) is 4.79 Å². The zero-order chi connectivity index (χ0) is 13.5. The molecule has 2 heterocycles. The highest BCUT2D eigenvalue weighted by Gasteiger charge is 2.42. The number of para-hydroxylation sites is 1. The van der Waals surface area contributed by atoms with Gasteiger partial charge < -0.3 is 10.6 Å². The molecule has 3 atom stereocenters. The zero-order valence-electron chi connectivity index (χ0n) is 11.2. The van der Waals surface area contributed by atoms with Crippen LogP contribution in [0, 0.1) is 11.8 Å². The molecule has 104 valence electrons. The maximum absolute atomic E-state index is 12.4. The predicted octanol–water partition coefficient (Wildman–Crippen LogP) is 1.29. The molecule has 5 heteroatoms. The van der Waals surface area contributed by atoms with Gasteiger partial charge in [0.15, 0.2) is 5.69 Å². The van der Waals surface area contributed by atoms with Gasteiger partial charge in [0, 0.05) is 18.0 Å². The predicted molar refractivity (Wildman–Crippen MR) is 76.4 cm³/mol. The lowest BCUT2D eigenvalue weighted by molar-refractivity contribution is 0.0593. The summed E-state index contributed by atoms with van der Waals surface area (Å²) in [5.74, 6) is 1.33. The van der Waals surface area contributed by atoms with E-state index in [-0.39, 0.29) is 5.91 Å². The first kappa shape index (κ1) is 11.9. The molecule has 1 saturated carbocycles. The van der Waals surface area contributed by atoms with Gasteiger partial charge in [-0.2, -0.15) is 5.10 Å². The van der Waals surface area contributed by atoms with Crippen molar-refractivity contribution in [1.82, 2.24) is 20.8 Å². The number of hydrogen-bond acceptors (Lipinski definition) is 3. The van der Waals surface area contributed by atoms with Gasteiger partial charge in [0.1, 0.15) is 0 Å². The molecule has 2 aliphatic rings. The van der Waals surface area contributed by atoms with Gasteiger partial charge in [-0.15, -0.1) is 0 Å². The molecular formula is C15H18N4O. The zero-order valence-corrected chi connectivity index (χ0v) is 11.2. The van der Waals surface area contributed by atoms with Crippen molar-refractivity contribution < 1.29 is 4.79 Å². The van der Waals surface area contributed by atoms with Crippen LogP contribution in [0.2, 0.25) is 0 Å². The van der Waals surface area contributed by atoms with Crippen molar-refractivity contribution in [3.8, 4) is 0 Å². The third kappa shape index (κ3) is 1.81. The second-order valence-corrected chi connectivity index (χ2v) is 5.85. The van der Waals surface area contributed by atoms with Crippen molar-refractivity contribution in [2.45, 2.75) is 18.9 Å². The summed E-state index contributed by atoms with van der Waals surface area (Å²) < 4.78 is 0. The van der Waals surface area contributed by atoms with Crippen LogP contribution < -0.4 is 10.6 Å². The average Bonchev–Trinajstić information content (AvgIpc) is 2.88. The fourth-order valence-electron chi connectivity index (χ4n) is 3.54. The van der Waals surface area contributed by atoms with E-state index < -0.39 is 0 Å². The Morgan fingerprint density at radius 2 is 2.25 bits per heavy atom. The number of aromatic nitrogens is 2. The first-order valence-corrected chi connectivity index (χ1v) is 7.27. The summed E-state index contributed by atoms with van der Waals surface area (Å²) in [6.07, 6.45) is 2.35. The highest BCUT2D eigenvalue weighted by atomic mass is 16.2. The summed E-state index contributed by atoms with van der Waals surface area (Å²) in [5.41, 5.74) is 1.41. The van der Waals surface area contributed by atoms with Gasteiger partial charge in [-0.1, -0.05) is 18.2 Å². The quantitative estimate of drug-likeness (QED) is 0.770. The first-order valence-electron chi connectivity index (χ1n) is 7.27. The third-order valence-electron chi connectivity index (χ3n) is 4.75. The molecule has 1 saturated heterocycles. The van der Waals surface area contributed by atoms with Crippen LogP contribution in [0.4, 0.5) is 0 Å². The van der Waals surface area contributed by atoms with Crippen LogP contribution in [-0.4, -0.2) is 35.2 Å². The van der Waals surface area contributed by atoms with Crippen LogP contribution in [0.1, 0.15) is 23.3 Å². The highest BCUT2D eigenvalue weighted by molar-refractivity contribution is 6.04. The smallest absolute Gasteiger partial charge is 0.272 e. The molecule has 1 aliphatic carbocycles. The summed E-state index contributed by atoms with van der Waals surface area (Å²) in [7, 11) is 0. The molecule has 1 aromatic carbocycles. The van der Waals surface area contributed by atoms with Crippen LogP contribution >= 0.6 is 0 Å². The van der Waals surface area contributed by atoms with Crippen molar-refractivity contribution >= 4 is 16.8 Å². The highest BCUT2D eigenvalue weighted by Crippen LogP contribution is 2.38. The Hall–Kier alpha value is -1.88. The number of hydrogen-bond donors (Lipinski definition) is 3. The van der Waals surface area contributed by atoms with Gasteiger partial charge in [0.25, 0.3) is 5.91 Å². The summed E-state index contributed by atoms with van der Waals surface area (Å²) >= 11 is 0. The molecule has 3 unspecified atom stereocenters. The summed E-state index contributed by atoms with van der Waals surface area (Å²) in [6.45, 7) is 2.14. The van der Waals surface area contributed by atoms with Crippen molar-refractivity contribution in [2.75, 3.05) is 13.1 Å². The molecule has 1 amide bonds. The van der Waals surface area contributed by atoms with E-state index in [1.165, 1.54) is 6.42 Å². The minimum Gasteiger partial charge on any atom is -0.348 e. The molecule has 5 nitrogen and oxygen atoms in total. The van der Waals surface area contributed by atoms with Gasteiger partial charge in [0.05, 0.1) is 5.52 Å². The minimum atomic E-state index is -0.0588. The lowest BCUT2D eigenvalue weighted by Gasteiger charge is -2.48. The van der Waals surface area contributed by atoms with Crippen LogP contribution in [0.15, 0.2) is 24.3 Å². The molecular weight excluding hydrogens is 252 g/mol. The maximum atomic E-state index is 12.4. The van der Waals surface area contributed by atoms with Crippen molar-refractivity contribution in [2.24, 2.45) is 11.8 Å². The lowest BCUT2D eigenvalue weighted by Crippen LogP contribution is -2.58. The Balaban J connectivity index is 1.51. The molecule has 2 aromatic rings. The van der Waals surface area contributed by atoms with Gasteiger partial charge in [-0.05, 0) is 37.3 Å². The Kier molecular flexibility index (Phi) is 2.73. The molecule has 4 rings (SSSR count). The number of benzene rings is 1. The minimum absolute atomic E-state index is 0.0588. The number of fused-ring (bicyclic) bond motifs is 2. The van der Waals surface area contributed by atoms with Crippen LogP contribution in [0.3, 0.4) is 0 Å². The van der Waals surface area contributed by atoms with Gasteiger partial charge >= 0.3 is 0 Å². The van der Waals surface area contributed by atoms with Crippen molar-refractivity contribution in [1.29, 1.82) is 0 Å². The number of amides is 1. The van der Waals surface area contributed by atoms with E-state index >= 15 is 0 Å². The Morgan fingerprint density at radius 3 is 3.15 bits per heavy atom. The van der Waals surface area contributed by atoms with Gasteiger partial charge in [-0.3, -0.25) is 9.89 Å². The monoisotopic (exact) mass is 270 g/mol. The van der Waals surface area contributed by atoms with E-state index in [0.29, 0.717) is 17.7 Å². The Morgan fingerprint density at radius 1 is 1.35 bits per heavy atom. The second-order valence-electron chi connectivity index (χ2n) is 5.85. The summed E-state index contributed by atoms with van der Waals surface area (Å²) in [5, 5.41) is 14.5. The summed E-state index contributed by atoms with van der Waals surface area (Å²) in [4.78, 5) is 12.4. The molecule has 0 radical (unpaired) electrons.